The minimum atomic E-state index is -4.45. The third kappa shape index (κ3) is 38.9. The van der Waals surface area contributed by atoms with Gasteiger partial charge in [-0.3, -0.25) is 18.6 Å². The summed E-state index contributed by atoms with van der Waals surface area (Å²) in [5.41, 5.74) is 0. The molecule has 0 saturated heterocycles. The molecular formula is C46H81NO10P+. The maximum absolute atomic E-state index is 12.7. The summed E-state index contributed by atoms with van der Waals surface area (Å²) in [4.78, 5) is 35.4. The first kappa shape index (κ1) is 55.4. The molecular weight excluding hydrogens is 757 g/mol. The zero-order chi connectivity index (χ0) is 43.2. The van der Waals surface area contributed by atoms with E-state index in [-0.39, 0.29) is 38.9 Å². The van der Waals surface area contributed by atoms with E-state index in [0.29, 0.717) is 23.9 Å². The van der Waals surface area contributed by atoms with Crippen molar-refractivity contribution >= 4 is 19.8 Å². The second-order valence-corrected chi connectivity index (χ2v) is 17.1. The van der Waals surface area contributed by atoms with Gasteiger partial charge in [0.15, 0.2) is 6.10 Å². The molecule has 0 saturated carbocycles. The number of aliphatic hydroxyl groups excluding tert-OH is 2. The number of phosphoric acid groups is 1. The van der Waals surface area contributed by atoms with Crippen molar-refractivity contribution in [2.24, 2.45) is 0 Å². The lowest BCUT2D eigenvalue weighted by molar-refractivity contribution is -0.870. The van der Waals surface area contributed by atoms with Crippen LogP contribution in [0.5, 0.6) is 0 Å². The highest BCUT2D eigenvalue weighted by molar-refractivity contribution is 7.47. The Morgan fingerprint density at radius 1 is 0.621 bits per heavy atom. The van der Waals surface area contributed by atoms with Gasteiger partial charge in [-0.05, 0) is 83.5 Å². The topological polar surface area (TPSA) is 149 Å². The summed E-state index contributed by atoms with van der Waals surface area (Å²) in [5, 5.41) is 20.7. The molecule has 0 spiro atoms. The zero-order valence-electron chi connectivity index (χ0n) is 36.7. The molecule has 334 valence electrons. The minimum absolute atomic E-state index is 0.0207. The minimum Gasteiger partial charge on any atom is -0.462 e. The number of aliphatic hydroxyl groups is 2. The van der Waals surface area contributed by atoms with Crippen molar-refractivity contribution in [1.82, 2.24) is 0 Å². The summed E-state index contributed by atoms with van der Waals surface area (Å²) < 4.78 is 34.0. The van der Waals surface area contributed by atoms with Crippen molar-refractivity contribution in [2.75, 3.05) is 47.5 Å². The van der Waals surface area contributed by atoms with Gasteiger partial charge in [-0.25, -0.2) is 4.57 Å². The summed E-state index contributed by atoms with van der Waals surface area (Å²) in [6.07, 6.45) is 38.4. The van der Waals surface area contributed by atoms with Crippen molar-refractivity contribution in [1.29, 1.82) is 0 Å². The number of carbonyl (C=O) groups excluding carboxylic acids is 2. The summed E-state index contributed by atoms with van der Waals surface area (Å²) in [7, 11) is 1.30. The van der Waals surface area contributed by atoms with E-state index in [1.807, 2.05) is 33.3 Å². The van der Waals surface area contributed by atoms with Gasteiger partial charge in [0, 0.05) is 12.8 Å². The van der Waals surface area contributed by atoms with Gasteiger partial charge in [-0.15, -0.1) is 0 Å². The number of hydrogen-bond donors (Lipinski definition) is 3. The lowest BCUT2D eigenvalue weighted by Gasteiger charge is -2.24. The van der Waals surface area contributed by atoms with Crippen LogP contribution in [0.25, 0.3) is 0 Å². The Balaban J connectivity index is 4.65. The van der Waals surface area contributed by atoms with Crippen LogP contribution in [0.4, 0.5) is 0 Å². The molecule has 0 amide bonds. The van der Waals surface area contributed by atoms with Gasteiger partial charge in [0.25, 0.3) is 0 Å². The van der Waals surface area contributed by atoms with Crippen LogP contribution in [0.3, 0.4) is 0 Å². The van der Waals surface area contributed by atoms with Crippen molar-refractivity contribution in [3.8, 4) is 0 Å². The summed E-state index contributed by atoms with van der Waals surface area (Å²) in [5.74, 6) is -1.11. The molecule has 58 heavy (non-hydrogen) atoms. The van der Waals surface area contributed by atoms with Gasteiger partial charge in [0.05, 0.1) is 40.0 Å². The number of likely N-dealkylation sites (N-methyl/N-ethyl adjacent to an activating group) is 1. The smallest absolute Gasteiger partial charge is 0.462 e. The average molecular weight is 839 g/mol. The van der Waals surface area contributed by atoms with E-state index in [1.165, 1.54) is 19.3 Å². The molecule has 0 aliphatic rings. The molecule has 4 atom stereocenters. The predicted octanol–water partition coefficient (Wildman–Crippen LogP) is 10.2. The van der Waals surface area contributed by atoms with Crippen molar-refractivity contribution in [3.63, 3.8) is 0 Å². The highest BCUT2D eigenvalue weighted by Crippen LogP contribution is 2.43. The van der Waals surface area contributed by atoms with Gasteiger partial charge in [0.1, 0.15) is 19.8 Å². The first-order valence-electron chi connectivity index (χ1n) is 21.8. The van der Waals surface area contributed by atoms with E-state index in [9.17, 15) is 29.3 Å². The van der Waals surface area contributed by atoms with Gasteiger partial charge < -0.3 is 29.1 Å². The molecule has 12 heteroatoms. The highest BCUT2D eigenvalue weighted by atomic mass is 31.2. The molecule has 0 heterocycles. The Bertz CT molecular complexity index is 1250. The van der Waals surface area contributed by atoms with Crippen LogP contribution < -0.4 is 0 Å². The molecule has 3 N–H and O–H groups in total. The highest BCUT2D eigenvalue weighted by Gasteiger charge is 2.27. The summed E-state index contributed by atoms with van der Waals surface area (Å²) >= 11 is 0. The van der Waals surface area contributed by atoms with Crippen molar-refractivity contribution < 1.29 is 52.3 Å². The predicted molar refractivity (Wildman–Crippen MR) is 236 cm³/mol. The number of nitrogens with zero attached hydrogens (tertiary/aromatic N) is 1. The molecule has 0 bridgehead atoms. The molecule has 0 fully saturated rings. The SMILES string of the molecule is CC/C=C\C/C=C\C/C=C\CCCCCCCC(=O)O[C@H](COC(=O)CCCC(O)C(O)C/C=C\C/C=C\C/C=C\CCCCC)COP(=O)(O)OCC[N+](C)(C)C. The number of allylic oxidation sites excluding steroid dienone is 11. The molecule has 0 rings (SSSR count). The molecule has 0 radical (unpaired) electrons. The number of ether oxygens (including phenoxy) is 2. The average Bonchev–Trinajstić information content (AvgIpc) is 3.17. The number of rotatable bonds is 38. The van der Waals surface area contributed by atoms with Crippen LogP contribution in [0.1, 0.15) is 142 Å². The van der Waals surface area contributed by atoms with E-state index in [0.717, 1.165) is 70.6 Å². The van der Waals surface area contributed by atoms with E-state index in [1.54, 1.807) is 0 Å². The van der Waals surface area contributed by atoms with Gasteiger partial charge >= 0.3 is 19.8 Å². The van der Waals surface area contributed by atoms with Gasteiger partial charge in [-0.2, -0.15) is 0 Å². The largest absolute Gasteiger partial charge is 0.472 e. The van der Waals surface area contributed by atoms with Crippen LogP contribution in [0.2, 0.25) is 0 Å². The maximum atomic E-state index is 12.7. The van der Waals surface area contributed by atoms with Crippen molar-refractivity contribution in [3.05, 3.63) is 72.9 Å². The number of hydrogen-bond acceptors (Lipinski definition) is 9. The lowest BCUT2D eigenvalue weighted by atomic mass is 10.0. The molecule has 0 aliphatic heterocycles. The van der Waals surface area contributed by atoms with E-state index in [2.05, 4.69) is 74.6 Å². The number of quaternary nitrogens is 1. The first-order valence-corrected chi connectivity index (χ1v) is 23.3. The van der Waals surface area contributed by atoms with E-state index < -0.39 is 44.7 Å². The monoisotopic (exact) mass is 839 g/mol. The molecule has 11 nitrogen and oxygen atoms in total. The number of phosphoric ester groups is 1. The number of carbonyl (C=O) groups is 2. The van der Waals surface area contributed by atoms with Crippen LogP contribution in [-0.2, 0) is 32.7 Å². The number of unbranched alkanes of at least 4 members (excludes halogenated alkanes) is 8. The number of esters is 2. The maximum Gasteiger partial charge on any atom is 0.472 e. The third-order valence-electron chi connectivity index (χ3n) is 8.92. The Morgan fingerprint density at radius 3 is 1.76 bits per heavy atom. The van der Waals surface area contributed by atoms with E-state index in [4.69, 9.17) is 18.5 Å². The van der Waals surface area contributed by atoms with Crippen LogP contribution in [-0.4, -0.2) is 97.3 Å². The zero-order valence-corrected chi connectivity index (χ0v) is 37.6. The fourth-order valence-electron chi connectivity index (χ4n) is 5.36. The summed E-state index contributed by atoms with van der Waals surface area (Å²) in [6.45, 7) is 3.90. The van der Waals surface area contributed by atoms with Crippen LogP contribution in [0, 0.1) is 0 Å². The quantitative estimate of drug-likeness (QED) is 0.0180. The lowest BCUT2D eigenvalue weighted by Crippen LogP contribution is -2.37. The fourth-order valence-corrected chi connectivity index (χ4v) is 6.11. The Hall–Kier alpha value is -2.63. The normalized spacial score (nSPS) is 15.4. The Kier molecular flexibility index (Phi) is 35.7. The molecule has 0 aliphatic carbocycles. The second-order valence-electron chi connectivity index (χ2n) is 15.7. The molecule has 0 aromatic heterocycles. The summed E-state index contributed by atoms with van der Waals surface area (Å²) in [6, 6.07) is 0. The second kappa shape index (κ2) is 37.4. The first-order chi connectivity index (χ1) is 27.8. The Labute approximate surface area is 352 Å². The standard InChI is InChI=1S/C46H80NO10P/c1-6-8-10-12-14-16-18-20-21-22-24-26-28-30-32-36-46(51)57-42(41-56-58(52,53)55-39-38-47(3,4)5)40-54-45(50)37-33-35-44(49)43(48)34-31-29-27-25-23-19-17-15-13-11-9-7-2/h8,10,14-17,20-21,23,25,29,31,42-44,48-49H,6-7,9,11-13,18-19,22,24,26-28,30,32-41H2,1-5H3/p+1/b10-8-,16-14-,17-15-,21-20-,25-23-,31-29-/t42-,43?,44?/m1/s1. The molecule has 0 aromatic rings. The van der Waals surface area contributed by atoms with Crippen LogP contribution >= 0.6 is 7.82 Å². The molecule has 0 aromatic carbocycles. The van der Waals surface area contributed by atoms with Gasteiger partial charge in [-0.1, -0.05) is 119 Å². The third-order valence-corrected chi connectivity index (χ3v) is 9.91. The molecule has 3 unspecified atom stereocenters. The van der Waals surface area contributed by atoms with Crippen molar-refractivity contribution in [2.45, 2.75) is 161 Å². The fraction of sp³-hybridized carbons (Fsp3) is 0.696. The van der Waals surface area contributed by atoms with E-state index >= 15 is 0 Å². The Morgan fingerprint density at radius 2 is 1.16 bits per heavy atom. The van der Waals surface area contributed by atoms with Gasteiger partial charge in [0.2, 0.25) is 0 Å². The van der Waals surface area contributed by atoms with Crippen LogP contribution in [0.15, 0.2) is 72.9 Å².